The minimum absolute atomic E-state index is 0.129. The van der Waals surface area contributed by atoms with Gasteiger partial charge in [-0.15, -0.1) is 0 Å². The molecule has 3 heterocycles. The van der Waals surface area contributed by atoms with Crippen LogP contribution >= 0.6 is 0 Å². The average molecular weight is 579 g/mol. The number of aryl methyl sites for hydroxylation is 1. The van der Waals surface area contributed by atoms with Gasteiger partial charge in [0, 0.05) is 43.9 Å². The Morgan fingerprint density at radius 1 is 1.02 bits per heavy atom. The van der Waals surface area contributed by atoms with E-state index in [1.165, 1.54) is 57.4 Å². The smallest absolute Gasteiger partial charge is 0.164 e. The van der Waals surface area contributed by atoms with Crippen molar-refractivity contribution in [3.05, 3.63) is 60.7 Å². The summed E-state index contributed by atoms with van der Waals surface area (Å²) in [6, 6.07) is 2.00. The largest absolute Gasteiger partial charge is 0.389 e. The number of hydrogen-bond acceptors (Lipinski definition) is 5. The zero-order valence-electron chi connectivity index (χ0n) is 25.3. The Bertz CT molecular complexity index is 1320. The predicted octanol–water partition coefficient (Wildman–Crippen LogP) is 6.91. The third-order valence-corrected chi connectivity index (χ3v) is 10.6. The molecule has 0 bridgehead atoms. The van der Waals surface area contributed by atoms with Gasteiger partial charge in [0.05, 0.1) is 5.39 Å². The molecular weight excluding hydrogens is 530 g/mol. The molecule has 1 aromatic heterocycles. The summed E-state index contributed by atoms with van der Waals surface area (Å²) in [6.45, 7) is 15.4. The Kier molecular flexibility index (Phi) is 8.62. The van der Waals surface area contributed by atoms with E-state index in [2.05, 4.69) is 40.4 Å². The van der Waals surface area contributed by atoms with Crippen LogP contribution in [0.15, 0.2) is 43.5 Å². The van der Waals surface area contributed by atoms with Crippen molar-refractivity contribution in [3.63, 3.8) is 0 Å². The average Bonchev–Trinajstić information content (AvgIpc) is 3.30. The van der Waals surface area contributed by atoms with E-state index >= 15 is 8.78 Å². The van der Waals surface area contributed by atoms with Crippen LogP contribution in [-0.2, 0) is 7.05 Å². The maximum Gasteiger partial charge on any atom is 0.164 e. The van der Waals surface area contributed by atoms with E-state index < -0.39 is 11.6 Å². The summed E-state index contributed by atoms with van der Waals surface area (Å²) in [5.74, 6) is 2.43. The molecule has 2 N–H and O–H groups in total. The topological polar surface area (TPSA) is 48.4 Å². The maximum absolute atomic E-state index is 16.1. The number of aromatic nitrogens is 2. The van der Waals surface area contributed by atoms with Crippen LogP contribution in [0.3, 0.4) is 0 Å². The second-order valence-corrected chi connectivity index (χ2v) is 13.4. The highest BCUT2D eigenvalue weighted by molar-refractivity contribution is 5.92. The Morgan fingerprint density at radius 2 is 1.79 bits per heavy atom. The van der Waals surface area contributed by atoms with Crippen molar-refractivity contribution < 1.29 is 8.78 Å². The fourth-order valence-electron chi connectivity index (χ4n) is 8.58. The number of likely N-dealkylation sites (tertiary alicyclic amines) is 1. The quantitative estimate of drug-likeness (QED) is 0.374. The van der Waals surface area contributed by atoms with Crippen molar-refractivity contribution in [2.24, 2.45) is 24.8 Å². The number of fused-ring (bicyclic) bond motifs is 1. The Hall–Kier alpha value is -2.87. The molecule has 4 aliphatic rings. The van der Waals surface area contributed by atoms with Gasteiger partial charge in [-0.2, -0.15) is 5.10 Å². The van der Waals surface area contributed by atoms with Gasteiger partial charge in [0.15, 0.2) is 11.6 Å². The molecular formula is C34H48F2N6. The first kappa shape index (κ1) is 29.2. The van der Waals surface area contributed by atoms with Crippen molar-refractivity contribution >= 4 is 16.7 Å². The highest BCUT2D eigenvalue weighted by Gasteiger charge is 2.36. The first-order chi connectivity index (χ1) is 20.3. The lowest BCUT2D eigenvalue weighted by Gasteiger charge is -2.42. The van der Waals surface area contributed by atoms with Gasteiger partial charge < -0.3 is 20.4 Å². The number of benzene rings is 1. The van der Waals surface area contributed by atoms with E-state index in [4.69, 9.17) is 0 Å². The molecule has 2 aromatic rings. The summed E-state index contributed by atoms with van der Waals surface area (Å²) in [7, 11) is 1.73. The molecule has 3 unspecified atom stereocenters. The van der Waals surface area contributed by atoms with E-state index in [1.54, 1.807) is 11.7 Å². The molecule has 0 amide bonds. The van der Waals surface area contributed by atoms with Crippen LogP contribution in [0.5, 0.6) is 0 Å². The van der Waals surface area contributed by atoms with E-state index in [1.807, 2.05) is 11.1 Å². The first-order valence-corrected chi connectivity index (χ1v) is 16.2. The molecule has 2 aliphatic heterocycles. The van der Waals surface area contributed by atoms with Crippen LogP contribution in [-0.4, -0.2) is 46.9 Å². The molecule has 3 atom stereocenters. The molecule has 6 nitrogen and oxygen atoms in total. The minimum atomic E-state index is -0.467. The van der Waals surface area contributed by atoms with E-state index in [9.17, 15) is 0 Å². The zero-order valence-corrected chi connectivity index (χ0v) is 25.3. The summed E-state index contributed by atoms with van der Waals surface area (Å²) >= 11 is 0. The van der Waals surface area contributed by atoms with Gasteiger partial charge in [-0.1, -0.05) is 51.8 Å². The third kappa shape index (κ3) is 5.84. The highest BCUT2D eigenvalue weighted by Crippen LogP contribution is 2.42. The number of rotatable bonds is 7. The SMILES string of the molecule is C=CNC1CC(CN2CCC(c3c(F)cc4c(N5CCC(=C)NC5=C)nn(C)c4c3F)CC2)CC(C2CCCCC2)C1. The summed E-state index contributed by atoms with van der Waals surface area (Å²) < 4.78 is 33.4. The van der Waals surface area contributed by atoms with Crippen molar-refractivity contribution in [2.75, 3.05) is 31.1 Å². The van der Waals surface area contributed by atoms with E-state index in [0.717, 1.165) is 50.0 Å². The van der Waals surface area contributed by atoms with Crippen molar-refractivity contribution in [1.82, 2.24) is 25.3 Å². The van der Waals surface area contributed by atoms with Crippen LogP contribution in [0.4, 0.5) is 14.6 Å². The number of piperidine rings is 1. The number of nitrogens with zero attached hydrogens (tertiary/aromatic N) is 4. The lowest BCUT2D eigenvalue weighted by molar-refractivity contribution is 0.0996. The molecule has 0 radical (unpaired) electrons. The molecule has 0 spiro atoms. The summed E-state index contributed by atoms with van der Waals surface area (Å²) in [5, 5.41) is 11.8. The molecule has 42 heavy (non-hydrogen) atoms. The van der Waals surface area contributed by atoms with Gasteiger partial charge in [0.1, 0.15) is 17.2 Å². The molecule has 2 aliphatic carbocycles. The number of halogens is 2. The molecule has 1 aromatic carbocycles. The Balaban J connectivity index is 1.13. The van der Waals surface area contributed by atoms with E-state index in [-0.39, 0.29) is 11.5 Å². The predicted molar refractivity (Wildman–Crippen MR) is 167 cm³/mol. The molecule has 4 fully saturated rings. The molecule has 8 heteroatoms. The zero-order chi connectivity index (χ0) is 29.4. The van der Waals surface area contributed by atoms with Gasteiger partial charge in [0.25, 0.3) is 0 Å². The van der Waals surface area contributed by atoms with Crippen molar-refractivity contribution in [2.45, 2.75) is 82.6 Å². The van der Waals surface area contributed by atoms with Crippen LogP contribution in [0.25, 0.3) is 10.9 Å². The second-order valence-electron chi connectivity index (χ2n) is 13.4. The lowest BCUT2D eigenvalue weighted by atomic mass is 9.68. The number of nitrogens with one attached hydrogen (secondary N) is 2. The number of hydrogen-bond donors (Lipinski definition) is 2. The van der Waals surface area contributed by atoms with Crippen LogP contribution in [0.2, 0.25) is 0 Å². The summed E-state index contributed by atoms with van der Waals surface area (Å²) in [6.07, 6.45) is 14.9. The molecule has 6 rings (SSSR count). The van der Waals surface area contributed by atoms with Crippen LogP contribution in [0.1, 0.15) is 82.1 Å². The summed E-state index contributed by atoms with van der Waals surface area (Å²) in [5.41, 5.74) is 1.46. The fourth-order valence-corrected chi connectivity index (χ4v) is 8.58. The lowest BCUT2D eigenvalue weighted by Crippen LogP contribution is -2.43. The Labute approximate surface area is 249 Å². The van der Waals surface area contributed by atoms with Gasteiger partial charge in [-0.25, -0.2) is 8.78 Å². The molecule has 228 valence electrons. The maximum atomic E-state index is 16.1. The van der Waals surface area contributed by atoms with E-state index in [0.29, 0.717) is 47.5 Å². The van der Waals surface area contributed by atoms with Crippen molar-refractivity contribution in [3.8, 4) is 0 Å². The Morgan fingerprint density at radius 3 is 2.50 bits per heavy atom. The highest BCUT2D eigenvalue weighted by atomic mass is 19.1. The normalized spacial score (nSPS) is 26.9. The standard InChI is InChI=1S/C34H48F2N6/c1-5-37-28-18-24(17-27(19-28)25-9-7-6-8-10-25)21-41-14-12-26(13-15-41)31-30(35)20-29-33(32(31)36)40(4)39-34(29)42-16-11-22(2)38-23(42)3/h5,20,24-28,37-38H,1-3,6-19,21H2,4H3. The van der Waals surface area contributed by atoms with Gasteiger partial charge in [-0.05, 0) is 81.1 Å². The van der Waals surface area contributed by atoms with Crippen molar-refractivity contribution in [1.29, 1.82) is 0 Å². The van der Waals surface area contributed by atoms with Gasteiger partial charge >= 0.3 is 0 Å². The van der Waals surface area contributed by atoms with Crippen LogP contribution < -0.4 is 15.5 Å². The minimum Gasteiger partial charge on any atom is -0.389 e. The third-order valence-electron chi connectivity index (χ3n) is 10.6. The monoisotopic (exact) mass is 578 g/mol. The fraction of sp³-hybridized carbons (Fsp3) is 0.618. The molecule has 2 saturated heterocycles. The van der Waals surface area contributed by atoms with Gasteiger partial charge in [0.2, 0.25) is 0 Å². The molecule has 2 saturated carbocycles. The van der Waals surface area contributed by atoms with Gasteiger partial charge in [-0.3, -0.25) is 4.68 Å². The first-order valence-electron chi connectivity index (χ1n) is 16.2. The number of anilines is 1. The second kappa shape index (κ2) is 12.4. The van der Waals surface area contributed by atoms with Crippen LogP contribution in [0, 0.1) is 29.4 Å². The summed E-state index contributed by atoms with van der Waals surface area (Å²) in [4.78, 5) is 4.43.